The summed E-state index contributed by atoms with van der Waals surface area (Å²) in [6.07, 6.45) is 0. The third-order valence-electron chi connectivity index (χ3n) is 4.58. The molecule has 2 rings (SSSR count). The number of esters is 2. The molecule has 10 heteroatoms. The van der Waals surface area contributed by atoms with Gasteiger partial charge in [-0.2, -0.15) is 0 Å². The SMILES string of the molecule is CCOC(=O)c1c(NC(=O)CNC(c2cccs2)C(C)C)sc(C(=O)OCCOC)c1C. The van der Waals surface area contributed by atoms with Crippen molar-refractivity contribution < 1.29 is 28.6 Å². The van der Waals surface area contributed by atoms with Crippen LogP contribution in [0.4, 0.5) is 5.00 Å². The van der Waals surface area contributed by atoms with Crippen LogP contribution in [-0.2, 0) is 19.0 Å². The van der Waals surface area contributed by atoms with Gasteiger partial charge >= 0.3 is 11.9 Å². The Labute approximate surface area is 196 Å². The molecule has 0 bridgehead atoms. The lowest BCUT2D eigenvalue weighted by Gasteiger charge is -2.21. The molecule has 1 atom stereocenters. The second-order valence-corrected chi connectivity index (χ2v) is 9.28. The van der Waals surface area contributed by atoms with E-state index >= 15 is 0 Å². The molecule has 0 aliphatic rings. The third-order valence-corrected chi connectivity index (χ3v) is 6.73. The summed E-state index contributed by atoms with van der Waals surface area (Å²) in [4.78, 5) is 39.1. The first-order chi connectivity index (χ1) is 15.3. The zero-order valence-electron chi connectivity index (χ0n) is 19.0. The van der Waals surface area contributed by atoms with E-state index in [1.165, 1.54) is 7.11 Å². The normalized spacial score (nSPS) is 11.9. The van der Waals surface area contributed by atoms with E-state index in [2.05, 4.69) is 24.5 Å². The predicted molar refractivity (Wildman–Crippen MR) is 126 cm³/mol. The van der Waals surface area contributed by atoms with Crippen molar-refractivity contribution >= 4 is 45.5 Å². The average Bonchev–Trinajstić information content (AvgIpc) is 3.36. The van der Waals surface area contributed by atoms with Crippen LogP contribution in [0.3, 0.4) is 0 Å². The van der Waals surface area contributed by atoms with Gasteiger partial charge in [0.1, 0.15) is 16.5 Å². The van der Waals surface area contributed by atoms with Crippen molar-refractivity contribution in [1.82, 2.24) is 5.32 Å². The first-order valence-corrected chi connectivity index (χ1v) is 12.0. The Morgan fingerprint density at radius 3 is 2.47 bits per heavy atom. The first-order valence-electron chi connectivity index (χ1n) is 10.3. The highest BCUT2D eigenvalue weighted by Crippen LogP contribution is 2.34. The highest BCUT2D eigenvalue weighted by molar-refractivity contribution is 7.18. The van der Waals surface area contributed by atoms with Crippen LogP contribution in [0.5, 0.6) is 0 Å². The molecule has 0 radical (unpaired) electrons. The average molecular weight is 483 g/mol. The lowest BCUT2D eigenvalue weighted by molar-refractivity contribution is -0.115. The molecule has 0 spiro atoms. The Kier molecular flexibility index (Phi) is 10.3. The molecular formula is C22H30N2O6S2. The molecule has 2 aromatic rings. The van der Waals surface area contributed by atoms with Crippen LogP contribution in [-0.4, -0.2) is 51.3 Å². The summed E-state index contributed by atoms with van der Waals surface area (Å²) in [5.41, 5.74) is 0.584. The zero-order valence-corrected chi connectivity index (χ0v) is 20.6. The van der Waals surface area contributed by atoms with Crippen LogP contribution in [0.1, 0.15) is 57.3 Å². The molecule has 32 heavy (non-hydrogen) atoms. The van der Waals surface area contributed by atoms with Crippen LogP contribution in [0.2, 0.25) is 0 Å². The Morgan fingerprint density at radius 1 is 1.12 bits per heavy atom. The van der Waals surface area contributed by atoms with Crippen molar-refractivity contribution in [3.63, 3.8) is 0 Å². The van der Waals surface area contributed by atoms with E-state index in [4.69, 9.17) is 14.2 Å². The quantitative estimate of drug-likeness (QED) is 0.348. The minimum Gasteiger partial charge on any atom is -0.462 e. The fraction of sp³-hybridized carbons (Fsp3) is 0.500. The molecule has 1 amide bonds. The highest BCUT2D eigenvalue weighted by Gasteiger charge is 2.27. The van der Waals surface area contributed by atoms with Crippen LogP contribution in [0.25, 0.3) is 0 Å². The van der Waals surface area contributed by atoms with Gasteiger partial charge in [-0.05, 0) is 36.8 Å². The summed E-state index contributed by atoms with van der Waals surface area (Å²) in [7, 11) is 1.51. The van der Waals surface area contributed by atoms with Gasteiger partial charge < -0.3 is 24.8 Å². The van der Waals surface area contributed by atoms with Gasteiger partial charge in [-0.3, -0.25) is 4.79 Å². The van der Waals surface area contributed by atoms with Gasteiger partial charge in [-0.15, -0.1) is 22.7 Å². The van der Waals surface area contributed by atoms with Crippen molar-refractivity contribution in [2.45, 2.75) is 33.7 Å². The number of hydrogen-bond donors (Lipinski definition) is 2. The second-order valence-electron chi connectivity index (χ2n) is 7.28. The maximum Gasteiger partial charge on any atom is 0.348 e. The molecule has 0 saturated heterocycles. The van der Waals surface area contributed by atoms with Gasteiger partial charge in [-0.25, -0.2) is 9.59 Å². The number of anilines is 1. The van der Waals surface area contributed by atoms with Gasteiger partial charge in [0.05, 0.1) is 25.3 Å². The molecular weight excluding hydrogens is 452 g/mol. The first kappa shape index (κ1) is 26.0. The predicted octanol–water partition coefficient (Wildman–Crippen LogP) is 4.02. The van der Waals surface area contributed by atoms with Gasteiger partial charge in [0.25, 0.3) is 0 Å². The van der Waals surface area contributed by atoms with Crippen molar-refractivity contribution in [3.05, 3.63) is 38.4 Å². The molecule has 0 fully saturated rings. The number of rotatable bonds is 12. The van der Waals surface area contributed by atoms with Gasteiger partial charge in [0.2, 0.25) is 5.91 Å². The number of amides is 1. The second kappa shape index (κ2) is 12.7. The van der Waals surface area contributed by atoms with E-state index in [1.54, 1.807) is 25.2 Å². The summed E-state index contributed by atoms with van der Waals surface area (Å²) >= 11 is 2.63. The molecule has 1 unspecified atom stereocenters. The van der Waals surface area contributed by atoms with E-state index < -0.39 is 11.9 Å². The molecule has 2 N–H and O–H groups in total. The van der Waals surface area contributed by atoms with Gasteiger partial charge in [0.15, 0.2) is 0 Å². The van der Waals surface area contributed by atoms with Crippen molar-refractivity contribution in [2.75, 3.05) is 38.8 Å². The molecule has 0 aliphatic heterocycles. The minimum absolute atomic E-state index is 0.0293. The Balaban J connectivity index is 2.17. The van der Waals surface area contributed by atoms with E-state index in [0.717, 1.165) is 16.2 Å². The summed E-state index contributed by atoms with van der Waals surface area (Å²) in [5.74, 6) is -1.21. The van der Waals surface area contributed by atoms with Crippen molar-refractivity contribution in [3.8, 4) is 0 Å². The maximum atomic E-state index is 12.7. The minimum atomic E-state index is -0.598. The summed E-state index contributed by atoms with van der Waals surface area (Å²) in [6, 6.07) is 4.04. The summed E-state index contributed by atoms with van der Waals surface area (Å²) in [6.45, 7) is 8.06. The van der Waals surface area contributed by atoms with Crippen LogP contribution < -0.4 is 10.6 Å². The fourth-order valence-electron chi connectivity index (χ4n) is 3.04. The molecule has 2 heterocycles. The van der Waals surface area contributed by atoms with Crippen LogP contribution in [0, 0.1) is 12.8 Å². The van der Waals surface area contributed by atoms with E-state index in [1.807, 2.05) is 17.5 Å². The Morgan fingerprint density at radius 2 is 1.88 bits per heavy atom. The number of hydrogen-bond acceptors (Lipinski definition) is 9. The number of methoxy groups -OCH3 is 1. The number of thiophene rings is 2. The zero-order chi connectivity index (χ0) is 23.7. The number of carbonyl (C=O) groups excluding carboxylic acids is 3. The van der Waals surface area contributed by atoms with E-state index in [9.17, 15) is 14.4 Å². The molecule has 0 aromatic carbocycles. The van der Waals surface area contributed by atoms with Gasteiger partial charge in [-0.1, -0.05) is 19.9 Å². The standard InChI is InChI=1S/C22H30N2O6S2/c1-6-29-21(26)17-14(4)19(22(27)30-10-9-28-5)32-20(17)24-16(25)12-23-18(13(2)3)15-8-7-11-31-15/h7-8,11,13,18,23H,6,9-10,12H2,1-5H3,(H,24,25). The summed E-state index contributed by atoms with van der Waals surface area (Å²) < 4.78 is 15.2. The van der Waals surface area contributed by atoms with E-state index in [-0.39, 0.29) is 59.7 Å². The fourth-order valence-corrected chi connectivity index (χ4v) is 5.11. The molecule has 176 valence electrons. The van der Waals surface area contributed by atoms with E-state index in [0.29, 0.717) is 5.56 Å². The lowest BCUT2D eigenvalue weighted by Crippen LogP contribution is -2.33. The lowest BCUT2D eigenvalue weighted by atomic mass is 10.0. The van der Waals surface area contributed by atoms with Crippen molar-refractivity contribution in [1.29, 1.82) is 0 Å². The monoisotopic (exact) mass is 482 g/mol. The number of nitrogens with one attached hydrogen (secondary N) is 2. The molecule has 8 nitrogen and oxygen atoms in total. The Hall–Kier alpha value is -2.27. The van der Waals surface area contributed by atoms with Crippen LogP contribution >= 0.6 is 22.7 Å². The maximum absolute atomic E-state index is 12.7. The van der Waals surface area contributed by atoms with Gasteiger partial charge in [0, 0.05) is 18.0 Å². The molecule has 0 aliphatic carbocycles. The topological polar surface area (TPSA) is 103 Å². The molecule has 0 saturated carbocycles. The third kappa shape index (κ3) is 6.86. The summed E-state index contributed by atoms with van der Waals surface area (Å²) in [5, 5.41) is 8.30. The van der Waals surface area contributed by atoms with Crippen molar-refractivity contribution in [2.24, 2.45) is 5.92 Å². The molecule has 2 aromatic heterocycles. The van der Waals surface area contributed by atoms with Crippen LogP contribution in [0.15, 0.2) is 17.5 Å². The highest BCUT2D eigenvalue weighted by atomic mass is 32.1. The smallest absolute Gasteiger partial charge is 0.348 e. The largest absolute Gasteiger partial charge is 0.462 e. The number of carbonyl (C=O) groups is 3. The Bertz CT molecular complexity index is 908. The number of ether oxygens (including phenoxy) is 3.